The van der Waals surface area contributed by atoms with Crippen molar-refractivity contribution < 1.29 is 28.5 Å². The molecule has 0 atom stereocenters. The third kappa shape index (κ3) is 12.3. The molecule has 1 saturated heterocycles. The van der Waals surface area contributed by atoms with E-state index in [0.717, 1.165) is 100 Å². The van der Waals surface area contributed by atoms with Crippen molar-refractivity contribution in [1.29, 1.82) is 0 Å². The van der Waals surface area contributed by atoms with Crippen LogP contribution < -0.4 is 14.5 Å². The lowest BCUT2D eigenvalue weighted by Crippen LogP contribution is -2.38. The number of hydrogen-bond donors (Lipinski definition) is 0. The molecule has 0 unspecified atom stereocenters. The smallest absolute Gasteiger partial charge is 0.358 e. The maximum absolute atomic E-state index is 14.7. The number of rotatable bonds is 18. The summed E-state index contributed by atoms with van der Waals surface area (Å²) in [6, 6.07) is 23.0. The van der Waals surface area contributed by atoms with Crippen molar-refractivity contribution >= 4 is 63.1 Å². The van der Waals surface area contributed by atoms with Gasteiger partial charge in [-0.3, -0.25) is 19.3 Å². The van der Waals surface area contributed by atoms with Crippen molar-refractivity contribution in [1.82, 2.24) is 24.6 Å². The van der Waals surface area contributed by atoms with Crippen LogP contribution in [0.3, 0.4) is 0 Å². The number of aromatic nitrogens is 4. The summed E-state index contributed by atoms with van der Waals surface area (Å²) in [6.07, 6.45) is 6.00. The first-order valence-corrected chi connectivity index (χ1v) is 28.0. The van der Waals surface area contributed by atoms with E-state index in [0.29, 0.717) is 55.5 Å². The number of nitrogens with zero attached hydrogens (tertiary/aromatic N) is 7. The normalized spacial score (nSPS) is 14.7. The number of carbonyl (C=O) groups is 2. The zero-order chi connectivity index (χ0) is 45.6. The fraction of sp³-hybridized carbons (Fsp3) is 0.449. The molecule has 2 aliphatic rings. The van der Waals surface area contributed by atoms with Crippen LogP contribution in [0.15, 0.2) is 79.1 Å². The quantitative estimate of drug-likeness (QED) is 0.0355. The molecule has 8 rings (SSSR count). The average molecular weight is 936 g/mol. The Labute approximate surface area is 391 Å². The molecular weight excluding hydrogens is 875 g/mol. The maximum Gasteiger partial charge on any atom is 0.358 e. The molecule has 0 aliphatic carbocycles. The van der Waals surface area contributed by atoms with Crippen LogP contribution in [0.4, 0.5) is 10.3 Å². The van der Waals surface area contributed by atoms with Crippen molar-refractivity contribution in [3.63, 3.8) is 0 Å². The second-order valence-electron chi connectivity index (χ2n) is 18.9. The van der Waals surface area contributed by atoms with Crippen molar-refractivity contribution in [3.8, 4) is 16.9 Å². The van der Waals surface area contributed by atoms with E-state index in [2.05, 4.69) is 58.9 Å². The van der Waals surface area contributed by atoms with Gasteiger partial charge in [-0.1, -0.05) is 67.4 Å². The van der Waals surface area contributed by atoms with Gasteiger partial charge in [-0.15, -0.1) is 11.3 Å². The van der Waals surface area contributed by atoms with E-state index in [-0.39, 0.29) is 12.6 Å². The van der Waals surface area contributed by atoms with Gasteiger partial charge >= 0.3 is 5.97 Å². The molecule has 344 valence electrons. The van der Waals surface area contributed by atoms with Gasteiger partial charge in [0.25, 0.3) is 5.91 Å². The van der Waals surface area contributed by atoms with Gasteiger partial charge in [0.15, 0.2) is 16.0 Å². The van der Waals surface area contributed by atoms with Gasteiger partial charge in [-0.05, 0) is 93.1 Å². The first kappa shape index (κ1) is 46.6. The molecule has 0 N–H and O–H groups in total. The summed E-state index contributed by atoms with van der Waals surface area (Å²) in [5.41, 5.74) is 5.35. The number of anilines is 2. The Morgan fingerprint density at radius 2 is 1.69 bits per heavy atom. The monoisotopic (exact) mass is 935 g/mol. The molecule has 3 aromatic carbocycles. The van der Waals surface area contributed by atoms with Crippen molar-refractivity contribution in [2.45, 2.75) is 84.4 Å². The number of carbonyl (C=O) groups excluding carboxylic acids is 2. The Morgan fingerprint density at radius 3 is 2.46 bits per heavy atom. The van der Waals surface area contributed by atoms with Crippen LogP contribution >= 0.6 is 22.7 Å². The van der Waals surface area contributed by atoms with Gasteiger partial charge in [-0.2, -0.15) is 5.10 Å². The molecule has 0 saturated carbocycles. The second-order valence-corrected chi connectivity index (χ2v) is 26.5. The van der Waals surface area contributed by atoms with Crippen LogP contribution in [-0.4, -0.2) is 110 Å². The van der Waals surface area contributed by atoms with Gasteiger partial charge in [0.05, 0.1) is 42.8 Å². The molecule has 65 heavy (non-hydrogen) atoms. The number of para-hydroxylation sites is 1. The third-order valence-electron chi connectivity index (χ3n) is 11.4. The average Bonchev–Trinajstić information content (AvgIpc) is 4.05. The van der Waals surface area contributed by atoms with Gasteiger partial charge < -0.3 is 23.8 Å². The Kier molecular flexibility index (Phi) is 14.8. The summed E-state index contributed by atoms with van der Waals surface area (Å²) in [5.74, 6) is 0.193. The number of esters is 1. The van der Waals surface area contributed by atoms with Crippen LogP contribution in [0.25, 0.3) is 21.3 Å². The highest BCUT2D eigenvalue weighted by Crippen LogP contribution is 2.35. The predicted octanol–water partition coefficient (Wildman–Crippen LogP) is 9.44. The lowest BCUT2D eigenvalue weighted by atomic mass is 9.94. The molecule has 3 aromatic heterocycles. The minimum atomic E-state index is -1.34. The fourth-order valence-electron chi connectivity index (χ4n) is 7.80. The zero-order valence-electron chi connectivity index (χ0n) is 38.5. The van der Waals surface area contributed by atoms with E-state index in [1.165, 1.54) is 22.7 Å². The summed E-state index contributed by atoms with van der Waals surface area (Å²) < 4.78 is 26.8. The molecule has 6 aromatic rings. The Bertz CT molecular complexity index is 2520. The van der Waals surface area contributed by atoms with E-state index in [1.807, 2.05) is 80.2 Å². The predicted molar refractivity (Wildman–Crippen MR) is 263 cm³/mol. The van der Waals surface area contributed by atoms with Crippen LogP contribution in [0, 0.1) is 0 Å². The van der Waals surface area contributed by atoms with E-state index in [1.54, 1.807) is 4.90 Å². The van der Waals surface area contributed by atoms with Gasteiger partial charge in [0.2, 0.25) is 0 Å². The van der Waals surface area contributed by atoms with Crippen molar-refractivity contribution in [3.05, 3.63) is 106 Å². The molecular formula is C49H61N7O6S2Si. The van der Waals surface area contributed by atoms with Gasteiger partial charge in [-0.25, -0.2) is 14.8 Å². The molecule has 0 radical (unpaired) electrons. The lowest BCUT2D eigenvalue weighted by Gasteiger charge is -2.31. The number of amides is 1. The van der Waals surface area contributed by atoms with Gasteiger partial charge in [0, 0.05) is 69.6 Å². The van der Waals surface area contributed by atoms with Gasteiger partial charge in [0.1, 0.15) is 18.1 Å². The van der Waals surface area contributed by atoms with E-state index >= 15 is 0 Å². The molecule has 13 nitrogen and oxygen atoms in total. The number of morpholine rings is 1. The Morgan fingerprint density at radius 1 is 0.892 bits per heavy atom. The van der Waals surface area contributed by atoms with Crippen LogP contribution in [0.5, 0.6) is 5.75 Å². The maximum atomic E-state index is 14.7. The summed E-state index contributed by atoms with van der Waals surface area (Å²) in [4.78, 5) is 45.3. The van der Waals surface area contributed by atoms with Crippen molar-refractivity contribution in [2.24, 2.45) is 0 Å². The number of thiazole rings is 2. The van der Waals surface area contributed by atoms with Crippen molar-refractivity contribution in [2.75, 3.05) is 69.1 Å². The summed E-state index contributed by atoms with van der Waals surface area (Å²) in [7, 11) is -1.34. The minimum Gasteiger partial charge on any atom is -0.494 e. The minimum absolute atomic E-state index is 0.115. The highest BCUT2D eigenvalue weighted by atomic mass is 32.1. The first-order valence-electron chi connectivity index (χ1n) is 22.7. The topological polar surface area (TPSA) is 124 Å². The Balaban J connectivity index is 0.940. The van der Waals surface area contributed by atoms with Crippen LogP contribution in [-0.2, 0) is 40.1 Å². The molecule has 16 heteroatoms. The van der Waals surface area contributed by atoms with E-state index in [4.69, 9.17) is 28.9 Å². The zero-order valence-corrected chi connectivity index (χ0v) is 41.1. The number of hydrogen-bond acceptors (Lipinski definition) is 13. The molecule has 0 spiro atoms. The number of ether oxygens (including phenoxy) is 4. The Hall–Kier alpha value is -4.97. The number of benzene rings is 3. The lowest BCUT2D eigenvalue weighted by molar-refractivity contribution is 0.00623. The number of fused-ring (bicyclic) bond motifs is 2. The largest absolute Gasteiger partial charge is 0.494 e. The molecule has 2 aliphatic heterocycles. The van der Waals surface area contributed by atoms with E-state index < -0.39 is 19.6 Å². The molecule has 0 bridgehead atoms. The fourth-order valence-corrected chi connectivity index (χ4v) is 10.6. The van der Waals surface area contributed by atoms with Crippen LogP contribution in [0.1, 0.15) is 64.0 Å². The first-order chi connectivity index (χ1) is 31.3. The molecule has 5 heterocycles. The highest BCUT2D eigenvalue weighted by Gasteiger charge is 2.31. The molecule has 1 amide bonds. The number of aryl methyl sites for hydroxylation is 1. The second kappa shape index (κ2) is 20.7. The molecule has 1 fully saturated rings. The summed E-state index contributed by atoms with van der Waals surface area (Å²) in [6.45, 7) is 20.2. The summed E-state index contributed by atoms with van der Waals surface area (Å²) in [5, 5.41) is 5.93. The van der Waals surface area contributed by atoms with E-state index in [9.17, 15) is 9.59 Å². The standard InChI is InChI=1S/C49H61N7O6S2Si/c1-49(2,3)62-46(58)44-43(15-10-26-61-38-18-16-35(17-19-38)37-31-50-55(32-37)23-22-53-24-27-59-28-25-53)64-47(52-44)54-21-20-36-11-9-12-39(40(36)33-54)45(57)56(34-60-29-30-65(4,5)6)48-51-41-13-7-8-14-42(41)63-48/h7-9,11-14,16-19,31-32H,10,15,20-30,33-34H2,1-6H3. The van der Waals surface area contributed by atoms with Crippen LogP contribution in [0.2, 0.25) is 25.7 Å². The third-order valence-corrected chi connectivity index (χ3v) is 15.4. The SMILES string of the molecule is CC(C)(C)OC(=O)c1nc(N2CCc3cccc(C(=O)N(COCC[Si](C)(C)C)c4nc5ccccc5s4)c3C2)sc1CCCOc1ccc(-c2cnn(CCN3CCOCC3)c2)cc1. The highest BCUT2D eigenvalue weighted by molar-refractivity contribution is 7.22. The summed E-state index contributed by atoms with van der Waals surface area (Å²) >= 11 is 3.01.